The third kappa shape index (κ3) is 4.41. The van der Waals surface area contributed by atoms with Crippen LogP contribution in [0.25, 0.3) is 10.6 Å². The summed E-state index contributed by atoms with van der Waals surface area (Å²) in [6.07, 6.45) is 2.86. The summed E-state index contributed by atoms with van der Waals surface area (Å²) < 4.78 is 5.02. The molecule has 0 aliphatic heterocycles. The highest BCUT2D eigenvalue weighted by molar-refractivity contribution is 7.13. The number of thiazole rings is 1. The van der Waals surface area contributed by atoms with Crippen molar-refractivity contribution in [1.82, 2.24) is 10.3 Å². The number of amides is 1. The maximum Gasteiger partial charge on any atom is 0.226 e. The lowest BCUT2D eigenvalue weighted by Gasteiger charge is -2.25. The van der Waals surface area contributed by atoms with Crippen LogP contribution in [0, 0.1) is 5.41 Å². The van der Waals surface area contributed by atoms with Crippen LogP contribution in [0.1, 0.15) is 26.5 Å². The highest BCUT2D eigenvalue weighted by Crippen LogP contribution is 2.24. The van der Waals surface area contributed by atoms with Crippen LogP contribution in [0.15, 0.2) is 28.4 Å². The first-order valence-electron chi connectivity index (χ1n) is 6.78. The predicted octanol–water partition coefficient (Wildman–Crippen LogP) is 2.47. The quantitative estimate of drug-likeness (QED) is 0.889. The van der Waals surface area contributed by atoms with Crippen LogP contribution in [0.3, 0.4) is 0 Å². The van der Waals surface area contributed by atoms with Gasteiger partial charge in [0.05, 0.1) is 24.5 Å². The fraction of sp³-hybridized carbons (Fsp3) is 0.467. The summed E-state index contributed by atoms with van der Waals surface area (Å²) in [6.45, 7) is 6.05. The number of rotatable bonds is 5. The molecule has 2 aromatic heterocycles. The van der Waals surface area contributed by atoms with E-state index in [9.17, 15) is 9.90 Å². The number of aromatic nitrogens is 1. The van der Waals surface area contributed by atoms with Crippen molar-refractivity contribution < 1.29 is 14.3 Å². The molecule has 0 radical (unpaired) electrons. The zero-order valence-corrected chi connectivity index (χ0v) is 13.2. The van der Waals surface area contributed by atoms with Crippen LogP contribution in [-0.4, -0.2) is 28.6 Å². The van der Waals surface area contributed by atoms with Gasteiger partial charge >= 0.3 is 0 Å². The number of aliphatic hydroxyl groups is 1. The summed E-state index contributed by atoms with van der Waals surface area (Å²) in [6, 6.07) is 1.84. The highest BCUT2D eigenvalue weighted by Gasteiger charge is 2.22. The van der Waals surface area contributed by atoms with Crippen LogP contribution < -0.4 is 5.32 Å². The number of carbonyl (C=O) groups is 1. The van der Waals surface area contributed by atoms with Crippen molar-refractivity contribution in [2.45, 2.75) is 33.3 Å². The Balaban J connectivity index is 1.86. The van der Waals surface area contributed by atoms with Crippen molar-refractivity contribution >= 4 is 17.2 Å². The molecule has 0 bridgehead atoms. The molecule has 0 fully saturated rings. The molecule has 21 heavy (non-hydrogen) atoms. The van der Waals surface area contributed by atoms with Crippen molar-refractivity contribution in [3.05, 3.63) is 29.7 Å². The predicted molar refractivity (Wildman–Crippen MR) is 82.0 cm³/mol. The molecule has 0 aliphatic carbocycles. The van der Waals surface area contributed by atoms with Gasteiger partial charge in [-0.2, -0.15) is 0 Å². The fourth-order valence-electron chi connectivity index (χ4n) is 1.65. The van der Waals surface area contributed by atoms with E-state index >= 15 is 0 Å². The molecule has 1 atom stereocenters. The molecule has 2 rings (SSSR count). The Morgan fingerprint density at radius 1 is 1.52 bits per heavy atom. The molecular formula is C15H20N2O3S. The lowest BCUT2D eigenvalue weighted by molar-refractivity contribution is -0.121. The standard InChI is InChI=1S/C15H20N2O3S/c1-15(2,3)12(18)7-16-13(19)6-11-9-21-14(17-11)10-4-5-20-8-10/h4-5,8-9,12,18H,6-7H2,1-3H3,(H,16,19). The molecule has 0 aliphatic rings. The molecule has 2 N–H and O–H groups in total. The lowest BCUT2D eigenvalue weighted by Crippen LogP contribution is -2.39. The summed E-state index contributed by atoms with van der Waals surface area (Å²) >= 11 is 1.48. The van der Waals surface area contributed by atoms with Gasteiger partial charge < -0.3 is 14.8 Å². The lowest BCUT2D eigenvalue weighted by atomic mass is 9.89. The van der Waals surface area contributed by atoms with Gasteiger partial charge in [0.1, 0.15) is 11.3 Å². The molecule has 5 nitrogen and oxygen atoms in total. The molecule has 0 aromatic carbocycles. The van der Waals surface area contributed by atoms with Gasteiger partial charge in [0.15, 0.2) is 0 Å². The number of carbonyl (C=O) groups excluding carboxylic acids is 1. The Labute approximate surface area is 128 Å². The zero-order chi connectivity index (χ0) is 15.5. The SMILES string of the molecule is CC(C)(C)C(O)CNC(=O)Cc1csc(-c2ccoc2)n1. The van der Waals surface area contributed by atoms with E-state index in [4.69, 9.17) is 4.42 Å². The van der Waals surface area contributed by atoms with Crippen molar-refractivity contribution in [1.29, 1.82) is 0 Å². The summed E-state index contributed by atoms with van der Waals surface area (Å²) in [5, 5.41) is 15.3. The first-order valence-corrected chi connectivity index (χ1v) is 7.66. The van der Waals surface area contributed by atoms with Gasteiger partial charge in [-0.05, 0) is 11.5 Å². The Bertz CT molecular complexity index is 584. The number of nitrogens with zero attached hydrogens (tertiary/aromatic N) is 1. The first kappa shape index (κ1) is 15.7. The fourth-order valence-corrected chi connectivity index (χ4v) is 2.46. The second-order valence-electron chi connectivity index (χ2n) is 6.02. The summed E-state index contributed by atoms with van der Waals surface area (Å²) in [5.74, 6) is -0.137. The van der Waals surface area contributed by atoms with E-state index in [1.165, 1.54) is 11.3 Å². The first-order chi connectivity index (χ1) is 9.86. The van der Waals surface area contributed by atoms with E-state index in [1.807, 2.05) is 32.2 Å². The summed E-state index contributed by atoms with van der Waals surface area (Å²) in [4.78, 5) is 16.3. The van der Waals surface area contributed by atoms with Gasteiger partial charge in [0.2, 0.25) is 5.91 Å². The highest BCUT2D eigenvalue weighted by atomic mass is 32.1. The van der Waals surface area contributed by atoms with Gasteiger partial charge in [0.25, 0.3) is 0 Å². The van der Waals surface area contributed by atoms with E-state index in [1.54, 1.807) is 12.5 Å². The third-order valence-electron chi connectivity index (χ3n) is 3.15. The Hall–Kier alpha value is -1.66. The maximum absolute atomic E-state index is 11.9. The number of furan rings is 1. The summed E-state index contributed by atoms with van der Waals surface area (Å²) in [7, 11) is 0. The molecule has 114 valence electrons. The molecular weight excluding hydrogens is 288 g/mol. The minimum atomic E-state index is -0.571. The number of nitrogens with one attached hydrogen (secondary N) is 1. The molecule has 6 heteroatoms. The monoisotopic (exact) mass is 308 g/mol. The van der Waals surface area contributed by atoms with E-state index in [2.05, 4.69) is 10.3 Å². The van der Waals surface area contributed by atoms with Crippen molar-refractivity contribution in [2.24, 2.45) is 5.41 Å². The van der Waals surface area contributed by atoms with Crippen molar-refractivity contribution in [3.8, 4) is 10.6 Å². The molecule has 0 spiro atoms. The Morgan fingerprint density at radius 3 is 2.90 bits per heavy atom. The number of hydrogen-bond acceptors (Lipinski definition) is 5. The molecule has 0 saturated carbocycles. The summed E-state index contributed by atoms with van der Waals surface area (Å²) in [5.41, 5.74) is 1.39. The normalized spacial score (nSPS) is 13.1. The molecule has 2 heterocycles. The van der Waals surface area contributed by atoms with Gasteiger partial charge in [-0.15, -0.1) is 11.3 Å². The van der Waals surface area contributed by atoms with Gasteiger partial charge in [0, 0.05) is 17.5 Å². The van der Waals surface area contributed by atoms with E-state index in [-0.39, 0.29) is 24.3 Å². The van der Waals surface area contributed by atoms with E-state index in [0.29, 0.717) is 0 Å². The second-order valence-corrected chi connectivity index (χ2v) is 6.88. The van der Waals surface area contributed by atoms with Gasteiger partial charge in [-0.3, -0.25) is 4.79 Å². The average Bonchev–Trinajstić information content (AvgIpc) is 3.04. The third-order valence-corrected chi connectivity index (χ3v) is 4.09. The Morgan fingerprint density at radius 2 is 2.29 bits per heavy atom. The number of hydrogen-bond donors (Lipinski definition) is 2. The van der Waals surface area contributed by atoms with Crippen LogP contribution in [-0.2, 0) is 11.2 Å². The van der Waals surface area contributed by atoms with Crippen LogP contribution in [0.5, 0.6) is 0 Å². The average molecular weight is 308 g/mol. The second kappa shape index (κ2) is 6.41. The van der Waals surface area contributed by atoms with Gasteiger partial charge in [-0.1, -0.05) is 20.8 Å². The Kier molecular flexibility index (Phi) is 4.80. The maximum atomic E-state index is 11.9. The largest absolute Gasteiger partial charge is 0.472 e. The molecule has 1 amide bonds. The zero-order valence-electron chi connectivity index (χ0n) is 12.4. The van der Waals surface area contributed by atoms with E-state index < -0.39 is 6.10 Å². The topological polar surface area (TPSA) is 75.4 Å². The molecule has 1 unspecified atom stereocenters. The van der Waals surface area contributed by atoms with E-state index in [0.717, 1.165) is 16.3 Å². The smallest absolute Gasteiger partial charge is 0.226 e. The van der Waals surface area contributed by atoms with Crippen molar-refractivity contribution in [2.75, 3.05) is 6.54 Å². The van der Waals surface area contributed by atoms with Crippen LogP contribution >= 0.6 is 11.3 Å². The van der Waals surface area contributed by atoms with Crippen molar-refractivity contribution in [3.63, 3.8) is 0 Å². The van der Waals surface area contributed by atoms with Gasteiger partial charge in [-0.25, -0.2) is 4.98 Å². The minimum Gasteiger partial charge on any atom is -0.472 e. The number of aliphatic hydroxyl groups excluding tert-OH is 1. The van der Waals surface area contributed by atoms with Crippen LogP contribution in [0.2, 0.25) is 0 Å². The molecule has 0 saturated heterocycles. The van der Waals surface area contributed by atoms with Crippen LogP contribution in [0.4, 0.5) is 0 Å². The molecule has 2 aromatic rings. The minimum absolute atomic E-state index is 0.137.